The maximum atomic E-state index is 15.2. The van der Waals surface area contributed by atoms with Gasteiger partial charge in [-0.15, -0.1) is 0 Å². The number of ether oxygens (including phenoxy) is 2. The van der Waals surface area contributed by atoms with Crippen LogP contribution >= 0.6 is 39.0 Å². The quantitative estimate of drug-likeness (QED) is 0.0615. The molecule has 2 aliphatic rings. The van der Waals surface area contributed by atoms with Crippen LogP contribution in [0, 0.1) is 0 Å². The lowest BCUT2D eigenvalue weighted by Crippen LogP contribution is -2.31. The Balaban J connectivity index is 1.07. The molecular weight excluding hydrogens is 720 g/mol. The van der Waals surface area contributed by atoms with Gasteiger partial charge in [0.25, 0.3) is 0 Å². The second kappa shape index (κ2) is 15.4. The van der Waals surface area contributed by atoms with Crippen molar-refractivity contribution in [3.63, 3.8) is 0 Å². The van der Waals surface area contributed by atoms with E-state index in [4.69, 9.17) is 18.5 Å². The first kappa shape index (κ1) is 35.1. The van der Waals surface area contributed by atoms with E-state index in [0.717, 1.165) is 0 Å². The molecule has 0 bridgehead atoms. The number of rotatable bonds is 14. The summed E-state index contributed by atoms with van der Waals surface area (Å²) in [5, 5.41) is 25.4. The van der Waals surface area contributed by atoms with E-state index in [-0.39, 0.29) is 11.3 Å². The summed E-state index contributed by atoms with van der Waals surface area (Å²) >= 11 is 7.42. The number of imidazole rings is 2. The molecule has 10 atom stereocenters. The Labute approximate surface area is 281 Å². The Kier molecular flexibility index (Phi) is 11.3. The van der Waals surface area contributed by atoms with Crippen molar-refractivity contribution >= 4 is 72.9 Å². The Hall–Kier alpha value is -2.78. The SMILES string of the molecule is O=[PH](S)OC1[C@@H](F)C(n2cnc3c(NC/C=C/CNc4ncnc5c4ncn5[C@@H]4O[C@H](CO)[C@@H](O[PH](=O)S)[C@H]4F)ncnc32)O[C@@H]1CO. The van der Waals surface area contributed by atoms with Gasteiger partial charge < -0.3 is 39.4 Å². The number of aliphatic hydroxyl groups is 2. The lowest BCUT2D eigenvalue weighted by Gasteiger charge is -2.16. The average Bonchev–Trinajstić information content (AvgIpc) is 3.83. The van der Waals surface area contributed by atoms with Gasteiger partial charge in [0.15, 0.2) is 58.8 Å². The summed E-state index contributed by atoms with van der Waals surface area (Å²) in [5.41, 5.74) is 1.22. The van der Waals surface area contributed by atoms with Crippen molar-refractivity contribution in [1.82, 2.24) is 39.0 Å². The highest BCUT2D eigenvalue weighted by molar-refractivity contribution is 8.39. The van der Waals surface area contributed by atoms with Crippen molar-refractivity contribution in [3.8, 4) is 0 Å². The summed E-state index contributed by atoms with van der Waals surface area (Å²) in [6.07, 6.45) is -1.86. The highest BCUT2D eigenvalue weighted by Crippen LogP contribution is 2.42. The number of halogens is 2. The maximum absolute atomic E-state index is 15.2. The molecular formula is C24H30F2N10O8P2S2. The van der Waals surface area contributed by atoms with Gasteiger partial charge in [0, 0.05) is 13.1 Å². The van der Waals surface area contributed by atoms with Gasteiger partial charge in [-0.05, 0) is 0 Å². The van der Waals surface area contributed by atoms with Crippen LogP contribution in [-0.4, -0.2) is 112 Å². The molecule has 0 radical (unpaired) electrons. The van der Waals surface area contributed by atoms with Gasteiger partial charge in [-0.1, -0.05) is 36.6 Å². The first-order chi connectivity index (χ1) is 23.2. The molecule has 2 aliphatic heterocycles. The van der Waals surface area contributed by atoms with Crippen LogP contribution in [0.3, 0.4) is 0 Å². The van der Waals surface area contributed by atoms with Crippen molar-refractivity contribution < 1.29 is 46.6 Å². The smallest absolute Gasteiger partial charge is 0.243 e. The Morgan fingerprint density at radius 3 is 1.56 bits per heavy atom. The molecule has 6 rings (SSSR count). The van der Waals surface area contributed by atoms with Crippen LogP contribution in [-0.2, 0) is 27.7 Å². The number of fused-ring (bicyclic) bond motifs is 2. The first-order valence-electron chi connectivity index (χ1n) is 14.3. The van der Waals surface area contributed by atoms with Gasteiger partial charge in [-0.2, -0.15) is 0 Å². The first-order valence-corrected chi connectivity index (χ1v) is 19.5. The van der Waals surface area contributed by atoms with E-state index in [0.29, 0.717) is 35.8 Å². The average molecular weight is 751 g/mol. The number of alkyl halides is 2. The van der Waals surface area contributed by atoms with Gasteiger partial charge >= 0.3 is 0 Å². The van der Waals surface area contributed by atoms with Crippen LogP contribution in [0.2, 0.25) is 0 Å². The van der Waals surface area contributed by atoms with Crippen LogP contribution in [0.15, 0.2) is 37.5 Å². The zero-order valence-corrected chi connectivity index (χ0v) is 28.3. The Morgan fingerprint density at radius 1 is 0.771 bits per heavy atom. The molecule has 0 aliphatic carbocycles. The predicted molar refractivity (Wildman–Crippen MR) is 174 cm³/mol. The van der Waals surface area contributed by atoms with Crippen molar-refractivity contribution in [1.29, 1.82) is 0 Å². The summed E-state index contributed by atoms with van der Waals surface area (Å²) in [7, 11) is -5.58. The van der Waals surface area contributed by atoms with Crippen molar-refractivity contribution in [2.75, 3.05) is 36.9 Å². The fraction of sp³-hybridized carbons (Fsp3) is 0.500. The van der Waals surface area contributed by atoms with Crippen molar-refractivity contribution in [2.24, 2.45) is 0 Å². The molecule has 260 valence electrons. The van der Waals surface area contributed by atoms with E-state index in [1.54, 1.807) is 0 Å². The van der Waals surface area contributed by atoms with Crippen LogP contribution < -0.4 is 10.6 Å². The molecule has 24 heteroatoms. The molecule has 0 aromatic carbocycles. The zero-order chi connectivity index (χ0) is 33.9. The standard InChI is InChI=1S/C24H30F2N10O8P2S2/c25-13-17(43-45(39)47)11(5-37)41-23(13)35-9-33-15-19(29-7-31-21(15)35)27-3-1-2-4-28-20-16-22(32-8-30-20)36(10-34-16)24-14(26)18(44-46(40)48)12(6-38)42-24/h1-2,7-14,17-18,23-24,37-38,45-46H,3-6H2,(H,39,47)(H,40,48)(H,27,29,31)(H,28,30,32)/b2-1+/t11-,12-,13-,14-,17-,18?,23-,24?/m1/s1. The van der Waals surface area contributed by atoms with E-state index in [2.05, 4.69) is 65.0 Å². The molecule has 0 spiro atoms. The van der Waals surface area contributed by atoms with Crippen LogP contribution in [0.4, 0.5) is 20.4 Å². The highest BCUT2D eigenvalue weighted by atomic mass is 32.7. The van der Waals surface area contributed by atoms with Crippen LogP contribution in [0.5, 0.6) is 0 Å². The molecule has 4 unspecified atom stereocenters. The number of aromatic nitrogens is 8. The third kappa shape index (κ3) is 7.09. The van der Waals surface area contributed by atoms with Crippen molar-refractivity contribution in [3.05, 3.63) is 37.5 Å². The number of hydrogen-bond acceptors (Lipinski definition) is 16. The van der Waals surface area contributed by atoms with Crippen LogP contribution in [0.25, 0.3) is 22.3 Å². The third-order valence-corrected chi connectivity index (χ3v) is 9.15. The highest BCUT2D eigenvalue weighted by Gasteiger charge is 2.49. The third-order valence-electron chi connectivity index (χ3n) is 7.57. The van der Waals surface area contributed by atoms with E-state index in [1.165, 1.54) is 34.4 Å². The van der Waals surface area contributed by atoms with Gasteiger partial charge in [0.1, 0.15) is 37.1 Å². The summed E-state index contributed by atoms with van der Waals surface area (Å²) in [5.74, 6) is 0.746. The number of nitrogens with one attached hydrogen (secondary N) is 2. The molecule has 4 aromatic rings. The van der Waals surface area contributed by atoms with E-state index < -0.39 is 76.9 Å². The Morgan fingerprint density at radius 2 is 1.19 bits per heavy atom. The maximum Gasteiger partial charge on any atom is 0.243 e. The monoisotopic (exact) mass is 750 g/mol. The molecule has 18 nitrogen and oxygen atoms in total. The molecule has 0 amide bonds. The van der Waals surface area contributed by atoms with Gasteiger partial charge in [-0.3, -0.25) is 18.3 Å². The number of aliphatic hydroxyl groups excluding tert-OH is 2. The molecule has 0 saturated carbocycles. The summed E-state index contributed by atoms with van der Waals surface area (Å²) < 4.78 is 77.6. The molecule has 2 saturated heterocycles. The summed E-state index contributed by atoms with van der Waals surface area (Å²) in [4.78, 5) is 25.5. The normalized spacial score (nSPS) is 28.9. The number of hydrogen-bond donors (Lipinski definition) is 6. The summed E-state index contributed by atoms with van der Waals surface area (Å²) in [6.45, 7) is -0.455. The molecule has 2 fully saturated rings. The second-order valence-corrected chi connectivity index (χ2v) is 14.1. The minimum Gasteiger partial charge on any atom is -0.394 e. The lowest BCUT2D eigenvalue weighted by atomic mass is 10.1. The van der Waals surface area contributed by atoms with Crippen molar-refractivity contribution in [2.45, 2.75) is 49.2 Å². The van der Waals surface area contributed by atoms with Gasteiger partial charge in [0.05, 0.1) is 25.9 Å². The number of thiol groups is 2. The molecule has 6 heterocycles. The summed E-state index contributed by atoms with van der Waals surface area (Å²) in [6, 6.07) is 0. The Bertz CT molecular complexity index is 1700. The number of nitrogens with zero attached hydrogens (tertiary/aromatic N) is 8. The van der Waals surface area contributed by atoms with Gasteiger partial charge in [0.2, 0.25) is 14.5 Å². The molecule has 4 N–H and O–H groups in total. The van der Waals surface area contributed by atoms with Crippen LogP contribution in [0.1, 0.15) is 12.5 Å². The fourth-order valence-corrected chi connectivity index (χ4v) is 7.22. The van der Waals surface area contributed by atoms with Gasteiger partial charge in [-0.25, -0.2) is 38.7 Å². The topological polar surface area (TPSA) is 223 Å². The second-order valence-electron chi connectivity index (χ2n) is 10.4. The predicted octanol–water partition coefficient (Wildman–Crippen LogP) is 1.91. The fourth-order valence-electron chi connectivity index (χ4n) is 5.46. The minimum atomic E-state index is -2.79. The zero-order valence-electron chi connectivity index (χ0n) is 24.5. The van der Waals surface area contributed by atoms with E-state index in [1.807, 2.05) is 12.2 Å². The largest absolute Gasteiger partial charge is 0.394 e. The molecule has 48 heavy (non-hydrogen) atoms. The lowest BCUT2D eigenvalue weighted by molar-refractivity contribution is -0.0427. The molecule has 4 aromatic heterocycles. The van der Waals surface area contributed by atoms with E-state index in [9.17, 15) is 19.3 Å². The van der Waals surface area contributed by atoms with E-state index >= 15 is 8.78 Å². The minimum absolute atomic E-state index is 0.267. The number of anilines is 2.